The van der Waals surface area contributed by atoms with Crippen LogP contribution in [-0.4, -0.2) is 34.4 Å². The van der Waals surface area contributed by atoms with Gasteiger partial charge in [0, 0.05) is 23.1 Å². The lowest BCUT2D eigenvalue weighted by atomic mass is 10.2. The van der Waals surface area contributed by atoms with E-state index in [1.54, 1.807) is 18.9 Å². The van der Waals surface area contributed by atoms with Crippen molar-refractivity contribution in [2.24, 2.45) is 0 Å². The first kappa shape index (κ1) is 15.6. The highest BCUT2D eigenvalue weighted by atomic mass is 79.9. The van der Waals surface area contributed by atoms with E-state index in [0.29, 0.717) is 24.0 Å². The molecule has 0 amide bonds. The molecule has 7 nitrogen and oxygen atoms in total. The number of aryl methyl sites for hydroxylation is 1. The number of anilines is 1. The highest BCUT2D eigenvalue weighted by molar-refractivity contribution is 9.10. The first-order valence-electron chi connectivity index (χ1n) is 6.60. The molecular formula is C13H18BrN5O2. The number of hydrogen-bond acceptors (Lipinski definition) is 6. The second-order valence-corrected chi connectivity index (χ2v) is 5.19. The largest absolute Gasteiger partial charge is 0.493 e. The number of benzene rings is 1. The van der Waals surface area contributed by atoms with Crippen LogP contribution < -0.4 is 14.8 Å². The first-order valence-corrected chi connectivity index (χ1v) is 7.40. The molecular weight excluding hydrogens is 338 g/mol. The van der Waals surface area contributed by atoms with Gasteiger partial charge in [0.25, 0.3) is 0 Å². The van der Waals surface area contributed by atoms with Gasteiger partial charge in [-0.25, -0.2) is 4.68 Å². The highest BCUT2D eigenvalue weighted by Gasteiger charge is 2.14. The fourth-order valence-electron chi connectivity index (χ4n) is 1.99. The molecule has 114 valence electrons. The molecule has 0 aliphatic heterocycles. The Labute approximate surface area is 131 Å². The molecule has 0 unspecified atom stereocenters. The van der Waals surface area contributed by atoms with Crippen LogP contribution >= 0.6 is 15.9 Å². The predicted octanol–water partition coefficient (Wildman–Crippen LogP) is 2.47. The summed E-state index contributed by atoms with van der Waals surface area (Å²) in [5.74, 6) is 2.01. The maximum absolute atomic E-state index is 5.44. The number of aromatic nitrogens is 4. The average Bonchev–Trinajstić information content (AvgIpc) is 2.93. The third-order valence-electron chi connectivity index (χ3n) is 2.98. The van der Waals surface area contributed by atoms with Crippen molar-refractivity contribution in [3.05, 3.63) is 22.2 Å². The number of halogens is 1. The maximum atomic E-state index is 5.44. The molecule has 0 aliphatic rings. The molecule has 0 saturated carbocycles. The van der Waals surface area contributed by atoms with Gasteiger partial charge in [0.2, 0.25) is 5.95 Å². The molecule has 0 fully saturated rings. The van der Waals surface area contributed by atoms with Crippen LogP contribution in [0.5, 0.6) is 11.5 Å². The zero-order chi connectivity index (χ0) is 15.2. The lowest BCUT2D eigenvalue weighted by Crippen LogP contribution is -2.10. The summed E-state index contributed by atoms with van der Waals surface area (Å²) in [6.45, 7) is 3.37. The molecule has 21 heavy (non-hydrogen) atoms. The quantitative estimate of drug-likeness (QED) is 0.822. The summed E-state index contributed by atoms with van der Waals surface area (Å²) in [5.41, 5.74) is 0.947. The molecule has 1 N–H and O–H groups in total. The van der Waals surface area contributed by atoms with Crippen LogP contribution in [0, 0.1) is 0 Å². The van der Waals surface area contributed by atoms with Crippen LogP contribution in [0.1, 0.15) is 18.9 Å². The second kappa shape index (κ2) is 7.26. The van der Waals surface area contributed by atoms with E-state index in [2.05, 4.69) is 43.7 Å². The van der Waals surface area contributed by atoms with Gasteiger partial charge in [0.05, 0.1) is 14.2 Å². The molecule has 0 aliphatic carbocycles. The molecule has 1 heterocycles. The SMILES string of the molecule is CCCn1nnnc1NCc1c(Br)ccc(OC)c1OC. The molecule has 0 atom stereocenters. The zero-order valence-corrected chi connectivity index (χ0v) is 13.8. The van der Waals surface area contributed by atoms with Gasteiger partial charge < -0.3 is 14.8 Å². The average molecular weight is 356 g/mol. The monoisotopic (exact) mass is 355 g/mol. The molecule has 2 rings (SSSR count). The standard InChI is InChI=1S/C13H18BrN5O2/c1-4-7-19-13(16-17-18-19)15-8-9-10(14)5-6-11(20-2)12(9)21-3/h5-6H,4,7-8H2,1-3H3,(H,15,16,18). The summed E-state index contributed by atoms with van der Waals surface area (Å²) in [5, 5.41) is 14.8. The van der Waals surface area contributed by atoms with E-state index in [-0.39, 0.29) is 0 Å². The summed E-state index contributed by atoms with van der Waals surface area (Å²) in [6.07, 6.45) is 0.964. The summed E-state index contributed by atoms with van der Waals surface area (Å²) >= 11 is 3.53. The van der Waals surface area contributed by atoms with Crippen molar-refractivity contribution in [3.8, 4) is 11.5 Å². The highest BCUT2D eigenvalue weighted by Crippen LogP contribution is 2.36. The van der Waals surface area contributed by atoms with Gasteiger partial charge in [0.1, 0.15) is 0 Å². The van der Waals surface area contributed by atoms with E-state index in [0.717, 1.165) is 23.0 Å². The van der Waals surface area contributed by atoms with Gasteiger partial charge in [-0.1, -0.05) is 28.0 Å². The Bertz CT molecular complexity index is 602. The Balaban J connectivity index is 2.21. The van der Waals surface area contributed by atoms with Gasteiger partial charge in [-0.05, 0) is 29.0 Å². The van der Waals surface area contributed by atoms with Crippen molar-refractivity contribution < 1.29 is 9.47 Å². The van der Waals surface area contributed by atoms with Crippen molar-refractivity contribution >= 4 is 21.9 Å². The van der Waals surface area contributed by atoms with Crippen molar-refractivity contribution in [2.45, 2.75) is 26.4 Å². The van der Waals surface area contributed by atoms with Crippen molar-refractivity contribution in [1.82, 2.24) is 20.2 Å². The molecule has 0 saturated heterocycles. The number of methoxy groups -OCH3 is 2. The predicted molar refractivity (Wildman–Crippen MR) is 82.7 cm³/mol. The molecule has 0 radical (unpaired) electrons. The number of ether oxygens (including phenoxy) is 2. The Kier molecular flexibility index (Phi) is 5.38. The van der Waals surface area contributed by atoms with Gasteiger partial charge >= 0.3 is 0 Å². The maximum Gasteiger partial charge on any atom is 0.243 e. The summed E-state index contributed by atoms with van der Waals surface area (Å²) in [6, 6.07) is 3.78. The molecule has 8 heteroatoms. The van der Waals surface area contributed by atoms with E-state index in [9.17, 15) is 0 Å². The normalized spacial score (nSPS) is 10.5. The Hall–Kier alpha value is -1.83. The molecule has 0 bridgehead atoms. The molecule has 2 aromatic rings. The van der Waals surface area contributed by atoms with E-state index in [1.807, 2.05) is 12.1 Å². The zero-order valence-electron chi connectivity index (χ0n) is 12.3. The number of tetrazole rings is 1. The van der Waals surface area contributed by atoms with E-state index in [4.69, 9.17) is 9.47 Å². The summed E-state index contributed by atoms with van der Waals surface area (Å²) in [4.78, 5) is 0. The fraction of sp³-hybridized carbons (Fsp3) is 0.462. The van der Waals surface area contributed by atoms with Crippen LogP contribution in [0.25, 0.3) is 0 Å². The van der Waals surface area contributed by atoms with Gasteiger partial charge in [-0.3, -0.25) is 0 Å². The number of rotatable bonds is 7. The minimum atomic E-state index is 0.519. The van der Waals surface area contributed by atoms with E-state index < -0.39 is 0 Å². The molecule has 0 spiro atoms. The van der Waals surface area contributed by atoms with Gasteiger partial charge in [-0.2, -0.15) is 0 Å². The molecule has 1 aromatic heterocycles. The third-order valence-corrected chi connectivity index (χ3v) is 3.72. The Morgan fingerprint density at radius 2 is 2.10 bits per heavy atom. The summed E-state index contributed by atoms with van der Waals surface area (Å²) < 4.78 is 13.4. The molecule has 1 aromatic carbocycles. The van der Waals surface area contributed by atoms with Crippen LogP contribution in [-0.2, 0) is 13.1 Å². The van der Waals surface area contributed by atoms with Crippen LogP contribution in [0.3, 0.4) is 0 Å². The van der Waals surface area contributed by atoms with Gasteiger partial charge in [0.15, 0.2) is 11.5 Å². The van der Waals surface area contributed by atoms with E-state index >= 15 is 0 Å². The lowest BCUT2D eigenvalue weighted by Gasteiger charge is -2.15. The minimum absolute atomic E-state index is 0.519. The Morgan fingerprint density at radius 3 is 2.76 bits per heavy atom. The minimum Gasteiger partial charge on any atom is -0.493 e. The van der Waals surface area contributed by atoms with Crippen molar-refractivity contribution in [3.63, 3.8) is 0 Å². The summed E-state index contributed by atoms with van der Waals surface area (Å²) in [7, 11) is 3.24. The topological polar surface area (TPSA) is 74.1 Å². The first-order chi connectivity index (χ1) is 10.2. The number of nitrogens with zero attached hydrogens (tertiary/aromatic N) is 4. The third kappa shape index (κ3) is 3.44. The van der Waals surface area contributed by atoms with Gasteiger partial charge in [-0.15, -0.1) is 0 Å². The number of nitrogens with one attached hydrogen (secondary N) is 1. The van der Waals surface area contributed by atoms with Crippen molar-refractivity contribution in [1.29, 1.82) is 0 Å². The van der Waals surface area contributed by atoms with Crippen LogP contribution in [0.2, 0.25) is 0 Å². The number of hydrogen-bond donors (Lipinski definition) is 1. The Morgan fingerprint density at radius 1 is 1.29 bits per heavy atom. The second-order valence-electron chi connectivity index (χ2n) is 4.34. The van der Waals surface area contributed by atoms with Crippen LogP contribution in [0.15, 0.2) is 16.6 Å². The van der Waals surface area contributed by atoms with Crippen molar-refractivity contribution in [2.75, 3.05) is 19.5 Å². The van der Waals surface area contributed by atoms with E-state index in [1.165, 1.54) is 0 Å². The smallest absolute Gasteiger partial charge is 0.243 e. The fourth-order valence-corrected chi connectivity index (χ4v) is 2.45. The lowest BCUT2D eigenvalue weighted by molar-refractivity contribution is 0.351. The van der Waals surface area contributed by atoms with Crippen LogP contribution in [0.4, 0.5) is 5.95 Å².